The van der Waals surface area contributed by atoms with Gasteiger partial charge in [-0.3, -0.25) is 9.69 Å². The summed E-state index contributed by atoms with van der Waals surface area (Å²) in [4.78, 5) is 16.0. The van der Waals surface area contributed by atoms with Gasteiger partial charge < -0.3 is 10.2 Å². The van der Waals surface area contributed by atoms with Crippen LogP contribution in [0.3, 0.4) is 0 Å². The molecule has 0 atom stereocenters. The van der Waals surface area contributed by atoms with Gasteiger partial charge in [0.25, 0.3) is 0 Å². The average molecular weight is 375 g/mol. The third kappa shape index (κ3) is 7.56. The largest absolute Gasteiger partial charge is 0.442 e. The number of amides is 1. The third-order valence-electron chi connectivity index (χ3n) is 4.08. The fraction of sp³-hybridized carbons (Fsp3) is 0.588. The molecule has 1 aromatic carbocycles. The van der Waals surface area contributed by atoms with E-state index in [1.165, 1.54) is 11.3 Å². The first-order chi connectivity index (χ1) is 11.8. The summed E-state index contributed by atoms with van der Waals surface area (Å²) in [5.41, 5.74) is -1.86. The number of piperazine rings is 1. The van der Waals surface area contributed by atoms with Crippen molar-refractivity contribution in [2.24, 2.45) is 0 Å². The minimum Gasteiger partial charge on any atom is -0.369 e. The summed E-state index contributed by atoms with van der Waals surface area (Å²) in [5.74, 6) is -1.13. The minimum atomic E-state index is -4.35. The summed E-state index contributed by atoms with van der Waals surface area (Å²) in [6.45, 7) is 7.15. The topological polar surface area (TPSA) is 35.6 Å². The summed E-state index contributed by atoms with van der Waals surface area (Å²) in [5, 5.41) is 2.54. The smallest absolute Gasteiger partial charge is 0.369 e. The lowest BCUT2D eigenvalue weighted by Crippen LogP contribution is -2.47. The van der Waals surface area contributed by atoms with E-state index in [9.17, 15) is 18.0 Å². The zero-order chi connectivity index (χ0) is 18.3. The molecule has 0 aromatic heterocycles. The molecule has 0 aliphatic carbocycles. The number of benzene rings is 1. The van der Waals surface area contributed by atoms with Gasteiger partial charge in [-0.25, -0.2) is 0 Å². The standard InChI is InChI=1S/C17H24F3N3OS/c1-14-4-2-5-15(12-14)23-10-8-22(9-11-23)7-3-6-21-16(24)13-25-17(18,19)20/h2,4-5,12H,3,6-11,13H2,1H3,(H,21,24). The molecule has 1 heterocycles. The summed E-state index contributed by atoms with van der Waals surface area (Å²) >= 11 is -0.301. The fourth-order valence-corrected chi connectivity index (χ4v) is 3.18. The predicted molar refractivity (Wildman–Crippen MR) is 96.0 cm³/mol. The Kier molecular flexibility index (Phi) is 7.43. The molecule has 0 unspecified atom stereocenters. The third-order valence-corrected chi connectivity index (χ3v) is 4.81. The number of anilines is 1. The predicted octanol–water partition coefficient (Wildman–Crippen LogP) is 2.88. The molecule has 25 heavy (non-hydrogen) atoms. The van der Waals surface area contributed by atoms with Crippen molar-refractivity contribution in [3.63, 3.8) is 0 Å². The number of carbonyl (C=O) groups is 1. The highest BCUT2D eigenvalue weighted by Crippen LogP contribution is 2.29. The van der Waals surface area contributed by atoms with Gasteiger partial charge in [0.15, 0.2) is 0 Å². The Balaban J connectivity index is 1.59. The maximum atomic E-state index is 12.0. The van der Waals surface area contributed by atoms with Crippen molar-refractivity contribution in [3.8, 4) is 0 Å². The Morgan fingerprint density at radius 2 is 1.96 bits per heavy atom. The molecule has 1 aliphatic heterocycles. The number of rotatable bonds is 7. The molecule has 0 spiro atoms. The molecular weight excluding hydrogens is 351 g/mol. The molecule has 4 nitrogen and oxygen atoms in total. The molecule has 0 bridgehead atoms. The number of hydrogen-bond acceptors (Lipinski definition) is 4. The van der Waals surface area contributed by atoms with Crippen LogP contribution in [-0.4, -0.2) is 61.3 Å². The zero-order valence-corrected chi connectivity index (χ0v) is 15.1. The Morgan fingerprint density at radius 3 is 2.60 bits per heavy atom. The second-order valence-corrected chi connectivity index (χ2v) is 7.15. The molecule has 1 amide bonds. The molecule has 1 N–H and O–H groups in total. The van der Waals surface area contributed by atoms with Gasteiger partial charge in [0.2, 0.25) is 5.91 Å². The zero-order valence-electron chi connectivity index (χ0n) is 14.3. The highest BCUT2D eigenvalue weighted by Gasteiger charge is 2.29. The minimum absolute atomic E-state index is 0.301. The van der Waals surface area contributed by atoms with Gasteiger partial charge in [0.1, 0.15) is 0 Å². The summed E-state index contributed by atoms with van der Waals surface area (Å²) < 4.78 is 36.0. The van der Waals surface area contributed by atoms with Crippen molar-refractivity contribution in [2.75, 3.05) is 49.9 Å². The molecule has 8 heteroatoms. The van der Waals surface area contributed by atoms with Crippen LogP contribution in [0.2, 0.25) is 0 Å². The number of carbonyl (C=O) groups excluding carboxylic acids is 1. The van der Waals surface area contributed by atoms with Gasteiger partial charge in [0.05, 0.1) is 5.75 Å². The Hall–Kier alpha value is -1.41. The van der Waals surface area contributed by atoms with Crippen LogP contribution in [0.1, 0.15) is 12.0 Å². The molecule has 2 rings (SSSR count). The molecule has 0 saturated carbocycles. The van der Waals surface area contributed by atoms with Crippen molar-refractivity contribution in [1.82, 2.24) is 10.2 Å². The van der Waals surface area contributed by atoms with Crippen molar-refractivity contribution < 1.29 is 18.0 Å². The first kappa shape index (κ1) is 19.9. The Labute approximate surface area is 150 Å². The summed E-state index contributed by atoms with van der Waals surface area (Å²) in [7, 11) is 0. The number of nitrogens with zero attached hydrogens (tertiary/aromatic N) is 2. The van der Waals surface area contributed by atoms with E-state index in [0.29, 0.717) is 6.54 Å². The molecule has 140 valence electrons. The summed E-state index contributed by atoms with van der Waals surface area (Å²) in [6.07, 6.45) is 0.743. The summed E-state index contributed by atoms with van der Waals surface area (Å²) in [6, 6.07) is 8.46. The van der Waals surface area contributed by atoms with Crippen LogP contribution in [0, 0.1) is 6.92 Å². The highest BCUT2D eigenvalue weighted by atomic mass is 32.2. The number of hydrogen-bond donors (Lipinski definition) is 1. The maximum Gasteiger partial charge on any atom is 0.442 e. The van der Waals surface area contributed by atoms with Crippen molar-refractivity contribution >= 4 is 23.4 Å². The van der Waals surface area contributed by atoms with Crippen LogP contribution in [0.4, 0.5) is 18.9 Å². The lowest BCUT2D eigenvalue weighted by atomic mass is 10.2. The maximum absolute atomic E-state index is 12.0. The first-order valence-corrected chi connectivity index (χ1v) is 9.33. The lowest BCUT2D eigenvalue weighted by Gasteiger charge is -2.36. The van der Waals surface area contributed by atoms with E-state index in [1.54, 1.807) is 0 Å². The van der Waals surface area contributed by atoms with Gasteiger partial charge in [0, 0.05) is 38.4 Å². The average Bonchev–Trinajstić information content (AvgIpc) is 2.57. The van der Waals surface area contributed by atoms with E-state index < -0.39 is 17.2 Å². The quantitative estimate of drug-likeness (QED) is 0.744. The van der Waals surface area contributed by atoms with Gasteiger partial charge in [-0.1, -0.05) is 12.1 Å². The number of nitrogens with one attached hydrogen (secondary N) is 1. The van der Waals surface area contributed by atoms with Crippen LogP contribution >= 0.6 is 11.8 Å². The normalized spacial score (nSPS) is 16.1. The van der Waals surface area contributed by atoms with Gasteiger partial charge in [-0.2, -0.15) is 13.2 Å². The van der Waals surface area contributed by atoms with Crippen molar-refractivity contribution in [2.45, 2.75) is 18.9 Å². The lowest BCUT2D eigenvalue weighted by molar-refractivity contribution is -0.118. The van der Waals surface area contributed by atoms with Crippen LogP contribution in [0.25, 0.3) is 0 Å². The van der Waals surface area contributed by atoms with E-state index in [0.717, 1.165) is 39.1 Å². The number of thioether (sulfide) groups is 1. The monoisotopic (exact) mass is 375 g/mol. The van der Waals surface area contributed by atoms with E-state index >= 15 is 0 Å². The molecular formula is C17H24F3N3OS. The molecule has 1 aromatic rings. The molecule has 1 fully saturated rings. The fourth-order valence-electron chi connectivity index (χ4n) is 2.78. The number of aryl methyl sites for hydroxylation is 1. The van der Waals surface area contributed by atoms with Crippen LogP contribution in [0.5, 0.6) is 0 Å². The van der Waals surface area contributed by atoms with E-state index in [4.69, 9.17) is 0 Å². The Morgan fingerprint density at radius 1 is 1.24 bits per heavy atom. The Bertz CT molecular complexity index is 560. The SMILES string of the molecule is Cc1cccc(N2CCN(CCCNC(=O)CSC(F)(F)F)CC2)c1. The number of halogens is 3. The highest BCUT2D eigenvalue weighted by molar-refractivity contribution is 8.00. The second kappa shape index (κ2) is 9.33. The van der Waals surface area contributed by atoms with Crippen LogP contribution < -0.4 is 10.2 Å². The van der Waals surface area contributed by atoms with Crippen molar-refractivity contribution in [1.29, 1.82) is 0 Å². The number of alkyl halides is 3. The van der Waals surface area contributed by atoms with Crippen LogP contribution in [0.15, 0.2) is 24.3 Å². The molecule has 1 saturated heterocycles. The van der Waals surface area contributed by atoms with E-state index in [2.05, 4.69) is 46.3 Å². The van der Waals surface area contributed by atoms with E-state index in [-0.39, 0.29) is 11.8 Å². The van der Waals surface area contributed by atoms with Gasteiger partial charge in [-0.05, 0) is 49.3 Å². The van der Waals surface area contributed by atoms with Gasteiger partial charge in [-0.15, -0.1) is 0 Å². The van der Waals surface area contributed by atoms with Crippen molar-refractivity contribution in [3.05, 3.63) is 29.8 Å². The molecule has 1 aliphatic rings. The second-order valence-electron chi connectivity index (χ2n) is 6.11. The van der Waals surface area contributed by atoms with E-state index in [1.807, 2.05) is 0 Å². The first-order valence-electron chi connectivity index (χ1n) is 8.35. The molecule has 0 radical (unpaired) electrons. The van der Waals surface area contributed by atoms with Gasteiger partial charge >= 0.3 is 5.51 Å². The van der Waals surface area contributed by atoms with Crippen LogP contribution in [-0.2, 0) is 4.79 Å².